The number of carbonyl (C=O) groups excluding carboxylic acids is 1. The molecule has 0 fully saturated rings. The number of hydrogen-bond donors (Lipinski definition) is 1. The van der Waals surface area contributed by atoms with Crippen molar-refractivity contribution >= 4 is 5.97 Å². The molecule has 0 heterocycles. The van der Waals surface area contributed by atoms with Gasteiger partial charge in [0.15, 0.2) is 0 Å². The van der Waals surface area contributed by atoms with E-state index in [-0.39, 0.29) is 5.97 Å². The van der Waals surface area contributed by atoms with Crippen molar-refractivity contribution in [2.75, 3.05) is 14.2 Å². The van der Waals surface area contributed by atoms with Gasteiger partial charge in [-0.15, -0.1) is 0 Å². The number of methoxy groups -OCH3 is 2. The third-order valence-electron chi connectivity index (χ3n) is 2.56. The van der Waals surface area contributed by atoms with Gasteiger partial charge in [0.2, 0.25) is 0 Å². The fraction of sp³-hybridized carbons (Fsp3) is 0.462. The summed E-state index contributed by atoms with van der Waals surface area (Å²) in [6, 6.07) is 7.29. The highest BCUT2D eigenvalue weighted by Crippen LogP contribution is 2.22. The van der Waals surface area contributed by atoms with E-state index in [4.69, 9.17) is 4.74 Å². The molecule has 0 spiro atoms. The van der Waals surface area contributed by atoms with Crippen LogP contribution >= 0.6 is 0 Å². The maximum Gasteiger partial charge on any atom is 0.305 e. The van der Waals surface area contributed by atoms with E-state index < -0.39 is 6.10 Å². The van der Waals surface area contributed by atoms with E-state index in [0.717, 1.165) is 11.3 Å². The van der Waals surface area contributed by atoms with Crippen LogP contribution < -0.4 is 4.74 Å². The minimum atomic E-state index is -0.574. The molecule has 0 amide bonds. The number of hydrogen-bond acceptors (Lipinski definition) is 4. The molecule has 17 heavy (non-hydrogen) atoms. The molecule has 0 bridgehead atoms. The second-order valence-corrected chi connectivity index (χ2v) is 3.76. The molecule has 0 saturated carbocycles. The third kappa shape index (κ3) is 4.44. The molecule has 94 valence electrons. The van der Waals surface area contributed by atoms with Gasteiger partial charge < -0.3 is 14.6 Å². The molecule has 0 aliphatic carbocycles. The maximum absolute atomic E-state index is 10.9. The van der Waals surface area contributed by atoms with Crippen molar-refractivity contribution in [3.8, 4) is 5.75 Å². The van der Waals surface area contributed by atoms with Crippen LogP contribution in [0.1, 0.15) is 30.9 Å². The zero-order chi connectivity index (χ0) is 12.7. The molecule has 1 aromatic carbocycles. The second kappa shape index (κ2) is 6.91. The van der Waals surface area contributed by atoms with Gasteiger partial charge in [0.25, 0.3) is 0 Å². The highest BCUT2D eigenvalue weighted by atomic mass is 16.5. The lowest BCUT2D eigenvalue weighted by Crippen LogP contribution is -2.03. The van der Waals surface area contributed by atoms with E-state index in [9.17, 15) is 9.90 Å². The second-order valence-electron chi connectivity index (χ2n) is 3.76. The molecule has 1 N–H and O–H groups in total. The SMILES string of the molecule is COC(=O)CCCC(O)c1cccc(OC)c1. The van der Waals surface area contributed by atoms with Crippen LogP contribution in [-0.4, -0.2) is 25.3 Å². The van der Waals surface area contributed by atoms with E-state index in [0.29, 0.717) is 19.3 Å². The smallest absolute Gasteiger partial charge is 0.305 e. The summed E-state index contributed by atoms with van der Waals surface area (Å²) in [5.41, 5.74) is 0.800. The summed E-state index contributed by atoms with van der Waals surface area (Å²) in [6.45, 7) is 0. The molecule has 1 rings (SSSR count). The van der Waals surface area contributed by atoms with Crippen LogP contribution in [0.25, 0.3) is 0 Å². The average molecular weight is 238 g/mol. The van der Waals surface area contributed by atoms with Gasteiger partial charge in [0.1, 0.15) is 5.75 Å². The van der Waals surface area contributed by atoms with Crippen LogP contribution in [0.2, 0.25) is 0 Å². The van der Waals surface area contributed by atoms with Crippen molar-refractivity contribution in [3.63, 3.8) is 0 Å². The van der Waals surface area contributed by atoms with E-state index in [2.05, 4.69) is 4.74 Å². The van der Waals surface area contributed by atoms with E-state index in [1.165, 1.54) is 7.11 Å². The van der Waals surface area contributed by atoms with Gasteiger partial charge in [-0.05, 0) is 30.5 Å². The highest BCUT2D eigenvalue weighted by Gasteiger charge is 2.09. The van der Waals surface area contributed by atoms with Gasteiger partial charge >= 0.3 is 5.97 Å². The first kappa shape index (κ1) is 13.5. The van der Waals surface area contributed by atoms with E-state index in [1.807, 2.05) is 18.2 Å². The Labute approximate surface area is 101 Å². The Morgan fingerprint density at radius 3 is 2.82 bits per heavy atom. The Hall–Kier alpha value is -1.55. The molecule has 0 radical (unpaired) electrons. The Morgan fingerprint density at radius 1 is 1.41 bits per heavy atom. The first-order valence-electron chi connectivity index (χ1n) is 5.56. The number of carbonyl (C=O) groups is 1. The minimum Gasteiger partial charge on any atom is -0.497 e. The molecule has 1 atom stereocenters. The predicted molar refractivity (Wildman–Crippen MR) is 63.8 cm³/mol. The predicted octanol–water partition coefficient (Wildman–Crippen LogP) is 2.07. The van der Waals surface area contributed by atoms with Crippen molar-refractivity contribution in [1.29, 1.82) is 0 Å². The van der Waals surface area contributed by atoms with Crippen molar-refractivity contribution in [3.05, 3.63) is 29.8 Å². The molecule has 0 aromatic heterocycles. The van der Waals surface area contributed by atoms with Crippen LogP contribution in [0.3, 0.4) is 0 Å². The summed E-state index contributed by atoms with van der Waals surface area (Å²) in [5, 5.41) is 9.92. The minimum absolute atomic E-state index is 0.247. The third-order valence-corrected chi connectivity index (χ3v) is 2.56. The lowest BCUT2D eigenvalue weighted by Gasteiger charge is -2.11. The largest absolute Gasteiger partial charge is 0.497 e. The van der Waals surface area contributed by atoms with Gasteiger partial charge in [-0.1, -0.05) is 12.1 Å². The summed E-state index contributed by atoms with van der Waals surface area (Å²) in [7, 11) is 2.95. The molecule has 0 saturated heterocycles. The molecular formula is C13H18O4. The number of rotatable bonds is 6. The first-order valence-corrected chi connectivity index (χ1v) is 5.56. The van der Waals surface area contributed by atoms with Gasteiger partial charge in [-0.2, -0.15) is 0 Å². The van der Waals surface area contributed by atoms with Crippen LogP contribution in [-0.2, 0) is 9.53 Å². The number of aliphatic hydroxyl groups excluding tert-OH is 1. The van der Waals surface area contributed by atoms with E-state index >= 15 is 0 Å². The van der Waals surface area contributed by atoms with Crippen LogP contribution in [0.5, 0.6) is 5.75 Å². The zero-order valence-corrected chi connectivity index (χ0v) is 10.2. The van der Waals surface area contributed by atoms with Gasteiger partial charge in [-0.3, -0.25) is 4.79 Å². The summed E-state index contributed by atoms with van der Waals surface area (Å²) in [5.74, 6) is 0.470. The highest BCUT2D eigenvalue weighted by molar-refractivity contribution is 5.68. The number of esters is 1. The monoisotopic (exact) mass is 238 g/mol. The molecule has 4 nitrogen and oxygen atoms in total. The Balaban J connectivity index is 2.46. The maximum atomic E-state index is 10.9. The molecule has 4 heteroatoms. The Morgan fingerprint density at radius 2 is 2.18 bits per heavy atom. The molecule has 0 aliphatic rings. The van der Waals surface area contributed by atoms with E-state index in [1.54, 1.807) is 13.2 Å². The summed E-state index contributed by atoms with van der Waals surface area (Å²) >= 11 is 0. The fourth-order valence-electron chi connectivity index (χ4n) is 1.56. The van der Waals surface area contributed by atoms with Crippen LogP contribution in [0, 0.1) is 0 Å². The summed E-state index contributed by atoms with van der Waals surface area (Å²) in [6.07, 6.45) is 0.889. The topological polar surface area (TPSA) is 55.8 Å². The summed E-state index contributed by atoms with van der Waals surface area (Å²) < 4.78 is 9.61. The number of aliphatic hydroxyl groups is 1. The molecule has 1 aromatic rings. The van der Waals surface area contributed by atoms with Crippen molar-refractivity contribution in [2.24, 2.45) is 0 Å². The van der Waals surface area contributed by atoms with Crippen LogP contribution in [0.4, 0.5) is 0 Å². The quantitative estimate of drug-likeness (QED) is 0.771. The van der Waals surface area contributed by atoms with Crippen molar-refractivity contribution < 1.29 is 19.4 Å². The van der Waals surface area contributed by atoms with Crippen LogP contribution in [0.15, 0.2) is 24.3 Å². The standard InChI is InChI=1S/C13H18O4/c1-16-11-6-3-5-10(9-11)12(14)7-4-8-13(15)17-2/h3,5-6,9,12,14H,4,7-8H2,1-2H3. The summed E-state index contributed by atoms with van der Waals surface area (Å²) in [4.78, 5) is 10.9. The van der Waals surface area contributed by atoms with Gasteiger partial charge in [0, 0.05) is 6.42 Å². The number of benzene rings is 1. The number of ether oxygens (including phenoxy) is 2. The average Bonchev–Trinajstić information content (AvgIpc) is 2.38. The first-order chi connectivity index (χ1) is 8.17. The lowest BCUT2D eigenvalue weighted by atomic mass is 10.0. The van der Waals surface area contributed by atoms with Crippen molar-refractivity contribution in [1.82, 2.24) is 0 Å². The lowest BCUT2D eigenvalue weighted by molar-refractivity contribution is -0.140. The molecule has 1 unspecified atom stereocenters. The fourth-order valence-corrected chi connectivity index (χ4v) is 1.56. The molecular weight excluding hydrogens is 220 g/mol. The van der Waals surface area contributed by atoms with Gasteiger partial charge in [0.05, 0.1) is 20.3 Å². The molecule has 0 aliphatic heterocycles. The Kier molecular flexibility index (Phi) is 5.49. The Bertz CT molecular complexity index is 362. The normalized spacial score (nSPS) is 11.9. The van der Waals surface area contributed by atoms with Crippen molar-refractivity contribution in [2.45, 2.75) is 25.4 Å². The zero-order valence-electron chi connectivity index (χ0n) is 10.2. The van der Waals surface area contributed by atoms with Gasteiger partial charge in [-0.25, -0.2) is 0 Å².